The summed E-state index contributed by atoms with van der Waals surface area (Å²) >= 11 is 0. The molecule has 1 N–H and O–H groups in total. The SMILES string of the molecule is Fc1cccc2cnc(CC3CCNC3)n12. The van der Waals surface area contributed by atoms with Gasteiger partial charge in [0.2, 0.25) is 0 Å². The summed E-state index contributed by atoms with van der Waals surface area (Å²) in [6.07, 6.45) is 3.74. The number of hydrogen-bond acceptors (Lipinski definition) is 2. The number of fused-ring (bicyclic) bond motifs is 1. The second-order valence-corrected chi connectivity index (χ2v) is 4.35. The molecule has 0 aliphatic carbocycles. The van der Waals surface area contributed by atoms with E-state index < -0.39 is 0 Å². The third-order valence-corrected chi connectivity index (χ3v) is 3.21. The molecule has 0 saturated carbocycles. The minimum atomic E-state index is -0.226. The van der Waals surface area contributed by atoms with Crippen molar-refractivity contribution in [1.29, 1.82) is 0 Å². The summed E-state index contributed by atoms with van der Waals surface area (Å²) in [7, 11) is 0. The van der Waals surface area contributed by atoms with E-state index in [0.29, 0.717) is 5.92 Å². The predicted molar refractivity (Wildman–Crippen MR) is 59.8 cm³/mol. The van der Waals surface area contributed by atoms with Crippen LogP contribution < -0.4 is 5.32 Å². The van der Waals surface area contributed by atoms with Crippen LogP contribution in [0.25, 0.3) is 5.52 Å². The molecule has 0 radical (unpaired) electrons. The number of rotatable bonds is 2. The van der Waals surface area contributed by atoms with Crippen LogP contribution in [-0.2, 0) is 6.42 Å². The lowest BCUT2D eigenvalue weighted by Crippen LogP contribution is -2.12. The highest BCUT2D eigenvalue weighted by molar-refractivity contribution is 5.45. The van der Waals surface area contributed by atoms with Gasteiger partial charge in [-0.1, -0.05) is 6.07 Å². The molecule has 4 heteroatoms. The first-order chi connectivity index (χ1) is 7.84. The van der Waals surface area contributed by atoms with Gasteiger partial charge in [0.05, 0.1) is 11.7 Å². The zero-order valence-corrected chi connectivity index (χ0v) is 8.99. The number of pyridine rings is 1. The molecule has 2 aromatic heterocycles. The van der Waals surface area contributed by atoms with Crippen molar-refractivity contribution in [2.45, 2.75) is 12.8 Å². The van der Waals surface area contributed by atoms with E-state index in [1.165, 1.54) is 6.07 Å². The van der Waals surface area contributed by atoms with Gasteiger partial charge in [-0.05, 0) is 37.6 Å². The van der Waals surface area contributed by atoms with Crippen molar-refractivity contribution < 1.29 is 4.39 Å². The number of halogens is 1. The van der Waals surface area contributed by atoms with E-state index in [9.17, 15) is 4.39 Å². The van der Waals surface area contributed by atoms with Gasteiger partial charge >= 0.3 is 0 Å². The topological polar surface area (TPSA) is 29.3 Å². The van der Waals surface area contributed by atoms with Gasteiger partial charge in [-0.15, -0.1) is 0 Å². The van der Waals surface area contributed by atoms with Gasteiger partial charge in [0.1, 0.15) is 5.82 Å². The molecule has 16 heavy (non-hydrogen) atoms. The summed E-state index contributed by atoms with van der Waals surface area (Å²) in [6, 6.07) is 5.07. The van der Waals surface area contributed by atoms with Crippen LogP contribution >= 0.6 is 0 Å². The Balaban J connectivity index is 1.97. The summed E-state index contributed by atoms with van der Waals surface area (Å²) in [4.78, 5) is 4.31. The van der Waals surface area contributed by atoms with Crippen LogP contribution in [0.3, 0.4) is 0 Å². The van der Waals surface area contributed by atoms with Gasteiger partial charge in [0.25, 0.3) is 0 Å². The summed E-state index contributed by atoms with van der Waals surface area (Å²) in [5, 5.41) is 3.32. The third-order valence-electron chi connectivity index (χ3n) is 3.21. The number of imidazole rings is 1. The van der Waals surface area contributed by atoms with Gasteiger partial charge in [0.15, 0.2) is 5.95 Å². The molecule has 2 aromatic rings. The van der Waals surface area contributed by atoms with Crippen LogP contribution in [0.5, 0.6) is 0 Å². The average Bonchev–Trinajstić information content (AvgIpc) is 2.90. The lowest BCUT2D eigenvalue weighted by atomic mass is 10.0. The molecule has 0 bridgehead atoms. The number of hydrogen-bond donors (Lipinski definition) is 1. The highest BCUT2D eigenvalue weighted by atomic mass is 19.1. The van der Waals surface area contributed by atoms with Crippen LogP contribution in [-0.4, -0.2) is 22.5 Å². The first-order valence-electron chi connectivity index (χ1n) is 5.66. The zero-order valence-electron chi connectivity index (χ0n) is 8.99. The molecule has 1 saturated heterocycles. The van der Waals surface area contributed by atoms with Gasteiger partial charge < -0.3 is 5.32 Å². The molecular weight excluding hydrogens is 205 g/mol. The van der Waals surface area contributed by atoms with Gasteiger partial charge in [-0.25, -0.2) is 4.98 Å². The molecule has 84 valence electrons. The first kappa shape index (κ1) is 9.78. The molecule has 1 aliphatic rings. The van der Waals surface area contributed by atoms with E-state index in [4.69, 9.17) is 0 Å². The maximum Gasteiger partial charge on any atom is 0.199 e. The fourth-order valence-electron chi connectivity index (χ4n) is 2.36. The van der Waals surface area contributed by atoms with Crippen molar-refractivity contribution in [1.82, 2.24) is 14.7 Å². The van der Waals surface area contributed by atoms with Gasteiger partial charge in [0, 0.05) is 6.42 Å². The Hall–Kier alpha value is -1.42. The van der Waals surface area contributed by atoms with E-state index >= 15 is 0 Å². The van der Waals surface area contributed by atoms with Crippen molar-refractivity contribution in [3.63, 3.8) is 0 Å². The largest absolute Gasteiger partial charge is 0.316 e. The Kier molecular flexibility index (Phi) is 2.36. The second kappa shape index (κ2) is 3.87. The van der Waals surface area contributed by atoms with E-state index in [0.717, 1.165) is 37.3 Å². The minimum Gasteiger partial charge on any atom is -0.316 e. The highest BCUT2D eigenvalue weighted by Crippen LogP contribution is 2.17. The van der Waals surface area contributed by atoms with Crippen LogP contribution in [0.2, 0.25) is 0 Å². The van der Waals surface area contributed by atoms with Crippen LogP contribution in [0.15, 0.2) is 24.4 Å². The molecular formula is C12H14FN3. The molecule has 1 atom stereocenters. The minimum absolute atomic E-state index is 0.226. The summed E-state index contributed by atoms with van der Waals surface area (Å²) < 4.78 is 15.3. The Morgan fingerprint density at radius 1 is 1.50 bits per heavy atom. The average molecular weight is 219 g/mol. The molecule has 0 aromatic carbocycles. The molecule has 1 fully saturated rings. The van der Waals surface area contributed by atoms with Crippen LogP contribution in [0.1, 0.15) is 12.2 Å². The van der Waals surface area contributed by atoms with Gasteiger partial charge in [-0.2, -0.15) is 4.39 Å². The maximum absolute atomic E-state index is 13.7. The molecule has 0 amide bonds. The highest BCUT2D eigenvalue weighted by Gasteiger charge is 2.18. The molecule has 1 unspecified atom stereocenters. The summed E-state index contributed by atoms with van der Waals surface area (Å²) in [5.41, 5.74) is 0.834. The summed E-state index contributed by atoms with van der Waals surface area (Å²) in [5.74, 6) is 1.20. The van der Waals surface area contributed by atoms with E-state index in [1.807, 2.05) is 6.07 Å². The normalized spacial score (nSPS) is 20.7. The Morgan fingerprint density at radius 3 is 3.25 bits per heavy atom. The molecule has 3 nitrogen and oxygen atoms in total. The van der Waals surface area contributed by atoms with Gasteiger partial charge in [-0.3, -0.25) is 4.40 Å². The number of nitrogens with one attached hydrogen (secondary N) is 1. The maximum atomic E-state index is 13.7. The van der Waals surface area contributed by atoms with Crippen LogP contribution in [0.4, 0.5) is 4.39 Å². The fraction of sp³-hybridized carbons (Fsp3) is 0.417. The molecule has 1 aliphatic heterocycles. The van der Waals surface area contributed by atoms with E-state index in [-0.39, 0.29) is 5.95 Å². The Bertz CT molecular complexity index is 500. The molecule has 0 spiro atoms. The molecule has 3 rings (SSSR count). The van der Waals surface area contributed by atoms with Crippen molar-refractivity contribution >= 4 is 5.52 Å². The monoisotopic (exact) mass is 219 g/mol. The van der Waals surface area contributed by atoms with E-state index in [1.54, 1.807) is 16.7 Å². The van der Waals surface area contributed by atoms with Crippen molar-refractivity contribution in [2.75, 3.05) is 13.1 Å². The van der Waals surface area contributed by atoms with E-state index in [2.05, 4.69) is 10.3 Å². The first-order valence-corrected chi connectivity index (χ1v) is 5.66. The zero-order chi connectivity index (χ0) is 11.0. The Morgan fingerprint density at radius 2 is 2.44 bits per heavy atom. The Labute approximate surface area is 93.3 Å². The standard InChI is InChI=1S/C12H14FN3/c13-11-3-1-2-10-8-15-12(16(10)11)6-9-4-5-14-7-9/h1-3,8-9,14H,4-7H2. The second-order valence-electron chi connectivity index (χ2n) is 4.35. The molecule has 3 heterocycles. The number of nitrogens with zero attached hydrogens (tertiary/aromatic N) is 2. The lowest BCUT2D eigenvalue weighted by molar-refractivity contribution is 0.523. The van der Waals surface area contributed by atoms with Crippen molar-refractivity contribution in [3.05, 3.63) is 36.2 Å². The summed E-state index contributed by atoms with van der Waals surface area (Å²) in [6.45, 7) is 2.08. The number of aromatic nitrogens is 2. The predicted octanol–water partition coefficient (Wildman–Crippen LogP) is 1.63. The van der Waals surface area contributed by atoms with Crippen molar-refractivity contribution in [3.8, 4) is 0 Å². The smallest absolute Gasteiger partial charge is 0.199 e. The third kappa shape index (κ3) is 1.59. The van der Waals surface area contributed by atoms with Crippen molar-refractivity contribution in [2.24, 2.45) is 5.92 Å². The fourth-order valence-corrected chi connectivity index (χ4v) is 2.36. The van der Waals surface area contributed by atoms with Crippen LogP contribution in [0, 0.1) is 11.9 Å². The quantitative estimate of drug-likeness (QED) is 0.778. The lowest BCUT2D eigenvalue weighted by Gasteiger charge is -2.07.